The Balaban J connectivity index is 1.93. The van der Waals surface area contributed by atoms with Gasteiger partial charge in [-0.05, 0) is 18.7 Å². The summed E-state index contributed by atoms with van der Waals surface area (Å²) in [7, 11) is 1.64. The van der Waals surface area contributed by atoms with E-state index in [9.17, 15) is 0 Å². The van der Waals surface area contributed by atoms with E-state index < -0.39 is 0 Å². The Kier molecular flexibility index (Phi) is 5.18. The van der Waals surface area contributed by atoms with E-state index >= 15 is 0 Å². The summed E-state index contributed by atoms with van der Waals surface area (Å²) in [5.41, 5.74) is 1.06. The number of nitrogens with one attached hydrogen (secondary N) is 1. The van der Waals surface area contributed by atoms with E-state index in [4.69, 9.17) is 9.47 Å². The van der Waals surface area contributed by atoms with Crippen molar-refractivity contribution in [1.82, 2.24) is 10.3 Å². The fourth-order valence-electron chi connectivity index (χ4n) is 1.63. The summed E-state index contributed by atoms with van der Waals surface area (Å²) in [6.07, 6.45) is 0. The Labute approximate surface area is 117 Å². The normalized spacial score (nSPS) is 10.4. The molecule has 1 heterocycles. The van der Waals surface area contributed by atoms with Crippen LogP contribution < -0.4 is 14.8 Å². The quantitative estimate of drug-likeness (QED) is 0.846. The van der Waals surface area contributed by atoms with Crippen molar-refractivity contribution in [3.8, 4) is 11.5 Å². The minimum atomic E-state index is 0.469. The lowest BCUT2D eigenvalue weighted by atomic mass is 10.3. The summed E-state index contributed by atoms with van der Waals surface area (Å²) in [4.78, 5) is 4.51. The number of thiazole rings is 1. The topological polar surface area (TPSA) is 43.4 Å². The van der Waals surface area contributed by atoms with Crippen LogP contribution in [0.25, 0.3) is 0 Å². The molecule has 1 aromatic carbocycles. The molecule has 0 aliphatic rings. The molecule has 2 aromatic rings. The molecule has 0 aliphatic carbocycles. The van der Waals surface area contributed by atoms with Gasteiger partial charge in [0, 0.05) is 11.9 Å². The smallest absolute Gasteiger partial charge is 0.161 e. The van der Waals surface area contributed by atoms with Gasteiger partial charge >= 0.3 is 0 Å². The molecule has 0 aliphatic heterocycles. The molecule has 0 atom stereocenters. The minimum Gasteiger partial charge on any atom is -0.493 e. The van der Waals surface area contributed by atoms with Crippen molar-refractivity contribution >= 4 is 11.3 Å². The molecular weight excluding hydrogens is 260 g/mol. The molecule has 5 heteroatoms. The van der Waals surface area contributed by atoms with Gasteiger partial charge in [0.15, 0.2) is 11.5 Å². The van der Waals surface area contributed by atoms with E-state index in [2.05, 4.69) is 22.6 Å². The number of aromatic nitrogens is 1. The van der Waals surface area contributed by atoms with Gasteiger partial charge in [0.2, 0.25) is 0 Å². The van der Waals surface area contributed by atoms with Crippen LogP contribution in [-0.2, 0) is 13.2 Å². The molecule has 0 saturated carbocycles. The van der Waals surface area contributed by atoms with Gasteiger partial charge in [0.05, 0.1) is 12.8 Å². The summed E-state index contributed by atoms with van der Waals surface area (Å²) < 4.78 is 11.0. The van der Waals surface area contributed by atoms with Gasteiger partial charge in [-0.15, -0.1) is 11.3 Å². The third kappa shape index (κ3) is 3.94. The standard InChI is InChI=1S/C14H18N2O2S/c1-3-15-8-11-10-19-14(16-11)9-18-13-7-5-4-6-12(13)17-2/h4-7,10,15H,3,8-9H2,1-2H3. The predicted molar refractivity (Wildman–Crippen MR) is 76.8 cm³/mol. The Hall–Kier alpha value is -1.59. The van der Waals surface area contributed by atoms with Crippen LogP contribution in [0.3, 0.4) is 0 Å². The first-order valence-corrected chi connectivity index (χ1v) is 7.11. The third-order valence-electron chi connectivity index (χ3n) is 2.58. The highest BCUT2D eigenvalue weighted by Gasteiger charge is 2.06. The van der Waals surface area contributed by atoms with Crippen molar-refractivity contribution < 1.29 is 9.47 Å². The van der Waals surface area contributed by atoms with Crippen LogP contribution in [-0.4, -0.2) is 18.6 Å². The molecule has 0 fully saturated rings. The van der Waals surface area contributed by atoms with Crippen molar-refractivity contribution in [2.45, 2.75) is 20.1 Å². The number of hydrogen-bond acceptors (Lipinski definition) is 5. The maximum Gasteiger partial charge on any atom is 0.161 e. The van der Waals surface area contributed by atoms with Crippen LogP contribution in [0.5, 0.6) is 11.5 Å². The fraction of sp³-hybridized carbons (Fsp3) is 0.357. The van der Waals surface area contributed by atoms with Crippen molar-refractivity contribution in [1.29, 1.82) is 0 Å². The molecule has 0 bridgehead atoms. The summed E-state index contributed by atoms with van der Waals surface area (Å²) in [5, 5.41) is 6.28. The second-order valence-electron chi connectivity index (χ2n) is 3.95. The van der Waals surface area contributed by atoms with Crippen LogP contribution in [0.1, 0.15) is 17.6 Å². The zero-order valence-corrected chi connectivity index (χ0v) is 12.0. The van der Waals surface area contributed by atoms with Crippen molar-refractivity contribution in [2.24, 2.45) is 0 Å². The van der Waals surface area contributed by atoms with E-state index in [-0.39, 0.29) is 0 Å². The lowest BCUT2D eigenvalue weighted by Crippen LogP contribution is -2.12. The summed E-state index contributed by atoms with van der Waals surface area (Å²) in [5.74, 6) is 1.49. The maximum atomic E-state index is 5.73. The lowest BCUT2D eigenvalue weighted by molar-refractivity contribution is 0.284. The zero-order chi connectivity index (χ0) is 13.5. The molecule has 4 nitrogen and oxygen atoms in total. The Bertz CT molecular complexity index is 514. The Morgan fingerprint density at radius 3 is 2.79 bits per heavy atom. The second-order valence-corrected chi connectivity index (χ2v) is 4.90. The fourth-order valence-corrected chi connectivity index (χ4v) is 2.33. The highest BCUT2D eigenvalue weighted by molar-refractivity contribution is 7.09. The highest BCUT2D eigenvalue weighted by Crippen LogP contribution is 2.26. The van der Waals surface area contributed by atoms with Crippen molar-refractivity contribution in [2.75, 3.05) is 13.7 Å². The summed E-state index contributed by atoms with van der Waals surface area (Å²) in [6.45, 7) is 4.31. The monoisotopic (exact) mass is 278 g/mol. The van der Waals surface area contributed by atoms with Crippen LogP contribution in [0.2, 0.25) is 0 Å². The average molecular weight is 278 g/mol. The molecule has 0 unspecified atom stereocenters. The average Bonchev–Trinajstić information content (AvgIpc) is 2.91. The first-order valence-electron chi connectivity index (χ1n) is 6.23. The Morgan fingerprint density at radius 2 is 2.05 bits per heavy atom. The number of benzene rings is 1. The van der Waals surface area contributed by atoms with Gasteiger partial charge in [-0.1, -0.05) is 19.1 Å². The third-order valence-corrected chi connectivity index (χ3v) is 3.45. The molecule has 102 valence electrons. The molecule has 1 aromatic heterocycles. The number of hydrogen-bond donors (Lipinski definition) is 1. The van der Waals surface area contributed by atoms with Crippen LogP contribution in [0, 0.1) is 0 Å². The van der Waals surface area contributed by atoms with E-state index in [0.717, 1.165) is 35.3 Å². The summed E-state index contributed by atoms with van der Waals surface area (Å²) in [6, 6.07) is 7.62. The Morgan fingerprint density at radius 1 is 1.26 bits per heavy atom. The van der Waals surface area contributed by atoms with E-state index in [1.807, 2.05) is 24.3 Å². The molecule has 0 radical (unpaired) electrons. The van der Waals surface area contributed by atoms with E-state index in [1.165, 1.54) is 0 Å². The number of nitrogens with zero attached hydrogens (tertiary/aromatic N) is 1. The minimum absolute atomic E-state index is 0.469. The van der Waals surface area contributed by atoms with E-state index in [0.29, 0.717) is 6.61 Å². The van der Waals surface area contributed by atoms with Gasteiger partial charge in [-0.3, -0.25) is 0 Å². The number of methoxy groups -OCH3 is 1. The van der Waals surface area contributed by atoms with Gasteiger partial charge in [0.25, 0.3) is 0 Å². The van der Waals surface area contributed by atoms with Crippen LogP contribution in [0.4, 0.5) is 0 Å². The van der Waals surface area contributed by atoms with Gasteiger partial charge in [-0.25, -0.2) is 4.98 Å². The predicted octanol–water partition coefficient (Wildman–Crippen LogP) is 2.84. The second kappa shape index (κ2) is 7.11. The van der Waals surface area contributed by atoms with Crippen LogP contribution >= 0.6 is 11.3 Å². The van der Waals surface area contributed by atoms with Crippen LogP contribution in [0.15, 0.2) is 29.6 Å². The van der Waals surface area contributed by atoms with Gasteiger partial charge in [-0.2, -0.15) is 0 Å². The van der Waals surface area contributed by atoms with Crippen molar-refractivity contribution in [3.63, 3.8) is 0 Å². The highest BCUT2D eigenvalue weighted by atomic mass is 32.1. The largest absolute Gasteiger partial charge is 0.493 e. The summed E-state index contributed by atoms with van der Waals surface area (Å²) >= 11 is 1.62. The van der Waals surface area contributed by atoms with Gasteiger partial charge < -0.3 is 14.8 Å². The molecule has 1 N–H and O–H groups in total. The van der Waals surface area contributed by atoms with E-state index in [1.54, 1.807) is 18.4 Å². The molecule has 19 heavy (non-hydrogen) atoms. The SMILES string of the molecule is CCNCc1csc(COc2ccccc2OC)n1. The number of rotatable bonds is 7. The molecule has 2 rings (SSSR count). The molecular formula is C14H18N2O2S. The first-order chi connectivity index (χ1) is 9.33. The molecule has 0 amide bonds. The maximum absolute atomic E-state index is 5.73. The molecule has 0 spiro atoms. The number of ether oxygens (including phenoxy) is 2. The van der Waals surface area contributed by atoms with Gasteiger partial charge in [0.1, 0.15) is 11.6 Å². The lowest BCUT2D eigenvalue weighted by Gasteiger charge is -2.08. The zero-order valence-electron chi connectivity index (χ0n) is 11.2. The molecule has 0 saturated heterocycles. The first kappa shape index (κ1) is 13.8. The van der Waals surface area contributed by atoms with Crippen molar-refractivity contribution in [3.05, 3.63) is 40.3 Å². The number of para-hydroxylation sites is 2.